The molecule has 0 heterocycles. The molecule has 6 nitrogen and oxygen atoms in total. The Labute approximate surface area is 185 Å². The third-order valence-corrected chi connectivity index (χ3v) is 5.63. The van der Waals surface area contributed by atoms with Crippen LogP contribution in [0.15, 0.2) is 53.4 Å². The largest absolute Gasteiger partial charge is 0.455 e. The molecule has 0 aliphatic rings. The molecular formula is C22H25ClN2O4S. The number of benzene rings is 2. The zero-order valence-corrected chi connectivity index (χ0v) is 18.6. The minimum atomic E-state index is -0.519. The minimum absolute atomic E-state index is 0.0402. The first-order chi connectivity index (χ1) is 14.4. The van der Waals surface area contributed by atoms with Crippen molar-refractivity contribution >= 4 is 46.8 Å². The van der Waals surface area contributed by atoms with Crippen molar-refractivity contribution in [2.75, 3.05) is 30.8 Å². The third-order valence-electron chi connectivity index (χ3n) is 4.14. The van der Waals surface area contributed by atoms with Gasteiger partial charge in [0.05, 0.1) is 17.3 Å². The average Bonchev–Trinajstić information content (AvgIpc) is 2.72. The van der Waals surface area contributed by atoms with Gasteiger partial charge in [-0.05, 0) is 37.1 Å². The Bertz CT molecular complexity index is 891. The summed E-state index contributed by atoms with van der Waals surface area (Å²) in [5, 5.41) is 3.36. The first-order valence-corrected chi connectivity index (χ1v) is 10.9. The molecule has 0 fully saturated rings. The molecular weight excluding hydrogens is 424 g/mol. The van der Waals surface area contributed by atoms with Gasteiger partial charge in [-0.25, -0.2) is 0 Å². The van der Waals surface area contributed by atoms with Crippen LogP contribution in [0.3, 0.4) is 0 Å². The van der Waals surface area contributed by atoms with Crippen LogP contribution in [0, 0.1) is 6.92 Å². The van der Waals surface area contributed by atoms with E-state index in [1.807, 2.05) is 44.2 Å². The highest BCUT2D eigenvalue weighted by atomic mass is 35.5. The summed E-state index contributed by atoms with van der Waals surface area (Å²) < 4.78 is 5.09. The van der Waals surface area contributed by atoms with Gasteiger partial charge in [-0.3, -0.25) is 14.4 Å². The second-order valence-corrected chi connectivity index (χ2v) is 7.98. The Kier molecular flexibility index (Phi) is 9.70. The van der Waals surface area contributed by atoms with Gasteiger partial charge in [0.15, 0.2) is 6.61 Å². The number of hydrogen-bond donors (Lipinski definition) is 1. The van der Waals surface area contributed by atoms with E-state index in [-0.39, 0.29) is 18.2 Å². The highest BCUT2D eigenvalue weighted by Crippen LogP contribution is 2.26. The van der Waals surface area contributed by atoms with Gasteiger partial charge in [-0.2, -0.15) is 0 Å². The van der Waals surface area contributed by atoms with E-state index in [0.29, 0.717) is 23.7 Å². The maximum Gasteiger partial charge on any atom is 0.316 e. The molecule has 30 heavy (non-hydrogen) atoms. The van der Waals surface area contributed by atoms with E-state index in [9.17, 15) is 14.4 Å². The fourth-order valence-corrected chi connectivity index (χ4v) is 3.65. The predicted molar refractivity (Wildman–Crippen MR) is 120 cm³/mol. The number of esters is 1. The van der Waals surface area contributed by atoms with Crippen molar-refractivity contribution in [3.63, 3.8) is 0 Å². The lowest BCUT2D eigenvalue weighted by molar-refractivity contribution is -0.150. The molecule has 0 unspecified atom stereocenters. The number of nitrogens with one attached hydrogen (secondary N) is 1. The molecule has 160 valence electrons. The van der Waals surface area contributed by atoms with Crippen molar-refractivity contribution in [1.29, 1.82) is 0 Å². The van der Waals surface area contributed by atoms with Crippen molar-refractivity contribution in [3.05, 3.63) is 59.1 Å². The number of anilines is 1. The molecule has 0 spiro atoms. The Morgan fingerprint density at radius 2 is 1.80 bits per heavy atom. The van der Waals surface area contributed by atoms with Crippen LogP contribution in [0.5, 0.6) is 0 Å². The smallest absolute Gasteiger partial charge is 0.316 e. The molecule has 2 rings (SSSR count). The van der Waals surface area contributed by atoms with E-state index in [1.165, 1.54) is 16.7 Å². The van der Waals surface area contributed by atoms with E-state index in [2.05, 4.69) is 5.32 Å². The van der Waals surface area contributed by atoms with Gasteiger partial charge in [0, 0.05) is 17.1 Å². The SMILES string of the molecule is CCCN(CC(=O)Nc1ccccc1C)C(=O)COC(=O)CSc1ccccc1Cl. The van der Waals surface area contributed by atoms with Crippen LogP contribution in [-0.2, 0) is 19.1 Å². The minimum Gasteiger partial charge on any atom is -0.455 e. The number of aryl methyl sites for hydroxylation is 1. The monoisotopic (exact) mass is 448 g/mol. The summed E-state index contributed by atoms with van der Waals surface area (Å²) in [6.45, 7) is 3.69. The van der Waals surface area contributed by atoms with E-state index < -0.39 is 18.5 Å². The van der Waals surface area contributed by atoms with Crippen LogP contribution < -0.4 is 5.32 Å². The number of nitrogens with zero attached hydrogens (tertiary/aromatic N) is 1. The lowest BCUT2D eigenvalue weighted by Crippen LogP contribution is -2.41. The summed E-state index contributed by atoms with van der Waals surface area (Å²) in [5.41, 5.74) is 1.64. The molecule has 0 atom stereocenters. The Hall–Kier alpha value is -2.51. The van der Waals surface area contributed by atoms with Crippen LogP contribution in [0.1, 0.15) is 18.9 Å². The van der Waals surface area contributed by atoms with Gasteiger partial charge in [0.2, 0.25) is 5.91 Å². The predicted octanol–water partition coefficient (Wildman–Crippen LogP) is 4.16. The molecule has 0 aromatic heterocycles. The zero-order chi connectivity index (χ0) is 21.9. The number of rotatable bonds is 10. The van der Waals surface area contributed by atoms with Crippen LogP contribution in [0.25, 0.3) is 0 Å². The fraction of sp³-hybridized carbons (Fsp3) is 0.318. The molecule has 0 aliphatic carbocycles. The van der Waals surface area contributed by atoms with Crippen molar-refractivity contribution < 1.29 is 19.1 Å². The first-order valence-electron chi connectivity index (χ1n) is 9.57. The van der Waals surface area contributed by atoms with Crippen LogP contribution in [0.4, 0.5) is 5.69 Å². The molecule has 2 aromatic rings. The molecule has 0 saturated heterocycles. The van der Waals surface area contributed by atoms with Crippen LogP contribution in [-0.4, -0.2) is 48.1 Å². The summed E-state index contributed by atoms with van der Waals surface area (Å²) in [4.78, 5) is 39.0. The lowest BCUT2D eigenvalue weighted by Gasteiger charge is -2.21. The summed E-state index contributed by atoms with van der Waals surface area (Å²) in [6, 6.07) is 14.6. The topological polar surface area (TPSA) is 75.7 Å². The highest BCUT2D eigenvalue weighted by molar-refractivity contribution is 8.00. The van der Waals surface area contributed by atoms with Gasteiger partial charge in [0.1, 0.15) is 0 Å². The molecule has 2 aromatic carbocycles. The lowest BCUT2D eigenvalue weighted by atomic mass is 10.2. The number of thioether (sulfide) groups is 1. The summed E-state index contributed by atoms with van der Waals surface area (Å²) >= 11 is 7.30. The number of amides is 2. The number of halogens is 1. The quantitative estimate of drug-likeness (QED) is 0.436. The second-order valence-electron chi connectivity index (χ2n) is 6.56. The third kappa shape index (κ3) is 7.72. The summed E-state index contributed by atoms with van der Waals surface area (Å²) in [5.74, 6) is -1.19. The molecule has 0 bridgehead atoms. The molecule has 0 saturated carbocycles. The average molecular weight is 449 g/mol. The van der Waals surface area contributed by atoms with Crippen molar-refractivity contribution in [2.45, 2.75) is 25.2 Å². The first kappa shape index (κ1) is 23.8. The molecule has 8 heteroatoms. The molecule has 0 radical (unpaired) electrons. The maximum absolute atomic E-state index is 12.5. The maximum atomic E-state index is 12.5. The Balaban J connectivity index is 1.82. The van der Waals surface area contributed by atoms with Crippen molar-refractivity contribution in [1.82, 2.24) is 4.90 Å². The van der Waals surface area contributed by atoms with Gasteiger partial charge < -0.3 is 15.0 Å². The van der Waals surface area contributed by atoms with E-state index in [4.69, 9.17) is 16.3 Å². The fourth-order valence-electron chi connectivity index (χ4n) is 2.61. The van der Waals surface area contributed by atoms with E-state index in [1.54, 1.807) is 18.2 Å². The van der Waals surface area contributed by atoms with Gasteiger partial charge in [0.25, 0.3) is 5.91 Å². The normalized spacial score (nSPS) is 10.4. The van der Waals surface area contributed by atoms with E-state index in [0.717, 1.165) is 10.5 Å². The van der Waals surface area contributed by atoms with Gasteiger partial charge in [-0.15, -0.1) is 11.8 Å². The van der Waals surface area contributed by atoms with Gasteiger partial charge >= 0.3 is 5.97 Å². The molecule has 0 aliphatic heterocycles. The zero-order valence-electron chi connectivity index (χ0n) is 17.0. The summed E-state index contributed by atoms with van der Waals surface area (Å²) in [7, 11) is 0. The Morgan fingerprint density at radius 1 is 1.10 bits per heavy atom. The van der Waals surface area contributed by atoms with Crippen LogP contribution in [0.2, 0.25) is 5.02 Å². The standard InChI is InChI=1S/C22H25ClN2O4S/c1-3-12-25(13-20(26)24-18-10-6-4-8-16(18)2)21(27)14-29-22(28)15-30-19-11-7-5-9-17(19)23/h4-11H,3,12-15H2,1-2H3,(H,24,26). The molecule has 2 amide bonds. The number of hydrogen-bond acceptors (Lipinski definition) is 5. The number of para-hydroxylation sites is 1. The Morgan fingerprint density at radius 3 is 2.50 bits per heavy atom. The number of carbonyl (C=O) groups is 3. The van der Waals surface area contributed by atoms with E-state index >= 15 is 0 Å². The van der Waals surface area contributed by atoms with Crippen molar-refractivity contribution in [3.8, 4) is 0 Å². The van der Waals surface area contributed by atoms with Gasteiger partial charge in [-0.1, -0.05) is 48.9 Å². The molecule has 1 N–H and O–H groups in total. The second kappa shape index (κ2) is 12.2. The highest BCUT2D eigenvalue weighted by Gasteiger charge is 2.19. The number of ether oxygens (including phenoxy) is 1. The van der Waals surface area contributed by atoms with Crippen molar-refractivity contribution in [2.24, 2.45) is 0 Å². The number of carbonyl (C=O) groups excluding carboxylic acids is 3. The van der Waals surface area contributed by atoms with Crippen LogP contribution >= 0.6 is 23.4 Å². The summed E-state index contributed by atoms with van der Waals surface area (Å²) in [6.07, 6.45) is 0.680.